The van der Waals surface area contributed by atoms with Crippen LogP contribution in [0.2, 0.25) is 10.0 Å². The SMILES string of the molecule is O=c1n(Cc2c(F)cccc2Cl)nnn1-c1ccccc1Cl. The summed E-state index contributed by atoms with van der Waals surface area (Å²) in [5.41, 5.74) is 0.0462. The van der Waals surface area contributed by atoms with Gasteiger partial charge in [-0.25, -0.2) is 9.18 Å². The lowest BCUT2D eigenvalue weighted by Crippen LogP contribution is -2.25. The zero-order valence-electron chi connectivity index (χ0n) is 11.1. The number of nitrogens with zero attached hydrogens (tertiary/aromatic N) is 4. The number of benzene rings is 2. The topological polar surface area (TPSA) is 52.7 Å². The summed E-state index contributed by atoms with van der Waals surface area (Å²) in [7, 11) is 0. The normalized spacial score (nSPS) is 10.9. The highest BCUT2D eigenvalue weighted by Gasteiger charge is 2.14. The van der Waals surface area contributed by atoms with E-state index < -0.39 is 11.5 Å². The molecule has 112 valence electrons. The van der Waals surface area contributed by atoms with Gasteiger partial charge < -0.3 is 0 Å². The van der Waals surface area contributed by atoms with Crippen molar-refractivity contribution in [2.24, 2.45) is 0 Å². The van der Waals surface area contributed by atoms with Gasteiger partial charge in [-0.3, -0.25) is 0 Å². The van der Waals surface area contributed by atoms with Crippen molar-refractivity contribution in [3.63, 3.8) is 0 Å². The van der Waals surface area contributed by atoms with E-state index in [9.17, 15) is 9.18 Å². The summed E-state index contributed by atoms with van der Waals surface area (Å²) in [5.74, 6) is -0.508. The van der Waals surface area contributed by atoms with Gasteiger partial charge in [0.25, 0.3) is 0 Å². The predicted molar refractivity (Wildman–Crippen MR) is 81.1 cm³/mol. The Kier molecular flexibility index (Phi) is 3.96. The second kappa shape index (κ2) is 5.90. The van der Waals surface area contributed by atoms with E-state index in [0.717, 1.165) is 9.36 Å². The highest BCUT2D eigenvalue weighted by molar-refractivity contribution is 6.32. The van der Waals surface area contributed by atoms with E-state index in [-0.39, 0.29) is 17.1 Å². The maximum absolute atomic E-state index is 13.8. The lowest BCUT2D eigenvalue weighted by Gasteiger charge is -2.04. The first kappa shape index (κ1) is 14.7. The maximum Gasteiger partial charge on any atom is 0.368 e. The summed E-state index contributed by atoms with van der Waals surface area (Å²) in [6.45, 7) is -0.116. The molecular weight excluding hydrogens is 330 g/mol. The van der Waals surface area contributed by atoms with E-state index in [0.29, 0.717) is 10.7 Å². The molecule has 0 bridgehead atoms. The van der Waals surface area contributed by atoms with Crippen molar-refractivity contribution in [3.05, 3.63) is 74.4 Å². The van der Waals surface area contributed by atoms with Gasteiger partial charge in [0.05, 0.1) is 17.3 Å². The van der Waals surface area contributed by atoms with Crippen molar-refractivity contribution >= 4 is 23.2 Å². The Morgan fingerprint density at radius 3 is 2.45 bits per heavy atom. The third-order valence-electron chi connectivity index (χ3n) is 3.09. The number of halogens is 3. The molecule has 0 saturated carbocycles. The fourth-order valence-corrected chi connectivity index (χ4v) is 2.42. The molecule has 0 fully saturated rings. The third kappa shape index (κ3) is 2.63. The first-order chi connectivity index (χ1) is 10.6. The molecule has 3 rings (SSSR count). The highest BCUT2D eigenvalue weighted by atomic mass is 35.5. The Morgan fingerprint density at radius 2 is 1.73 bits per heavy atom. The fourth-order valence-electron chi connectivity index (χ4n) is 1.98. The third-order valence-corrected chi connectivity index (χ3v) is 3.76. The average molecular weight is 339 g/mol. The van der Waals surface area contributed by atoms with Gasteiger partial charge in [0, 0.05) is 10.6 Å². The molecule has 0 unspecified atom stereocenters. The van der Waals surface area contributed by atoms with Gasteiger partial charge >= 0.3 is 5.69 Å². The van der Waals surface area contributed by atoms with E-state index in [4.69, 9.17) is 23.2 Å². The minimum atomic E-state index is -0.535. The summed E-state index contributed by atoms with van der Waals surface area (Å²) in [5, 5.41) is 8.10. The molecule has 0 N–H and O–H groups in total. The zero-order valence-corrected chi connectivity index (χ0v) is 12.6. The Labute approximate surface area is 134 Å². The van der Waals surface area contributed by atoms with Crippen LogP contribution in [-0.4, -0.2) is 19.8 Å². The van der Waals surface area contributed by atoms with Crippen molar-refractivity contribution in [2.75, 3.05) is 0 Å². The molecule has 0 atom stereocenters. The van der Waals surface area contributed by atoms with Crippen molar-refractivity contribution in [1.29, 1.82) is 0 Å². The Balaban J connectivity index is 2.02. The van der Waals surface area contributed by atoms with Crippen LogP contribution >= 0.6 is 23.2 Å². The molecule has 0 aliphatic rings. The van der Waals surface area contributed by atoms with Gasteiger partial charge in [-0.2, -0.15) is 9.36 Å². The molecule has 0 spiro atoms. The van der Waals surface area contributed by atoms with Gasteiger partial charge in [0.15, 0.2) is 0 Å². The van der Waals surface area contributed by atoms with Crippen LogP contribution in [-0.2, 0) is 6.54 Å². The Bertz CT molecular complexity index is 870. The summed E-state index contributed by atoms with van der Waals surface area (Å²) in [4.78, 5) is 12.3. The molecule has 8 heteroatoms. The number of rotatable bonds is 3. The molecule has 22 heavy (non-hydrogen) atoms. The lowest BCUT2D eigenvalue weighted by atomic mass is 10.2. The Morgan fingerprint density at radius 1 is 1.00 bits per heavy atom. The van der Waals surface area contributed by atoms with E-state index in [1.54, 1.807) is 30.3 Å². The molecule has 0 aliphatic carbocycles. The average Bonchev–Trinajstić information content (AvgIpc) is 2.85. The molecular formula is C14H9Cl2FN4O. The van der Waals surface area contributed by atoms with Crippen molar-refractivity contribution in [1.82, 2.24) is 19.8 Å². The van der Waals surface area contributed by atoms with Crippen LogP contribution in [0, 0.1) is 5.82 Å². The van der Waals surface area contributed by atoms with E-state index >= 15 is 0 Å². The highest BCUT2D eigenvalue weighted by Crippen LogP contribution is 2.20. The summed E-state index contributed by atoms with van der Waals surface area (Å²) >= 11 is 12.0. The predicted octanol–water partition coefficient (Wildman–Crippen LogP) is 2.92. The molecule has 0 amide bonds. The number of aromatic nitrogens is 4. The Hall–Kier alpha value is -2.18. The summed E-state index contributed by atoms with van der Waals surface area (Å²) in [6.07, 6.45) is 0. The number of para-hydroxylation sites is 1. The van der Waals surface area contributed by atoms with Crippen LogP contribution < -0.4 is 5.69 Å². The smallest absolute Gasteiger partial charge is 0.244 e. The first-order valence-corrected chi connectivity index (χ1v) is 7.04. The quantitative estimate of drug-likeness (QED) is 0.737. The lowest BCUT2D eigenvalue weighted by molar-refractivity contribution is 0.570. The maximum atomic E-state index is 13.8. The molecule has 1 aromatic heterocycles. The number of hydrogen-bond donors (Lipinski definition) is 0. The van der Waals surface area contributed by atoms with Gasteiger partial charge in [-0.1, -0.05) is 41.4 Å². The van der Waals surface area contributed by atoms with Gasteiger partial charge in [0.1, 0.15) is 5.82 Å². The van der Waals surface area contributed by atoms with E-state index in [1.165, 1.54) is 12.1 Å². The monoisotopic (exact) mass is 338 g/mol. The zero-order chi connectivity index (χ0) is 15.7. The van der Waals surface area contributed by atoms with Crippen LogP contribution in [0.4, 0.5) is 4.39 Å². The molecule has 5 nitrogen and oxygen atoms in total. The molecule has 2 aromatic carbocycles. The van der Waals surface area contributed by atoms with Crippen LogP contribution in [0.1, 0.15) is 5.56 Å². The second-order valence-corrected chi connectivity index (χ2v) is 5.30. The molecule has 0 saturated heterocycles. The van der Waals surface area contributed by atoms with E-state index in [1.807, 2.05) is 0 Å². The van der Waals surface area contributed by atoms with Gasteiger partial charge in [-0.15, -0.1) is 0 Å². The van der Waals surface area contributed by atoms with Crippen molar-refractivity contribution in [2.45, 2.75) is 6.54 Å². The largest absolute Gasteiger partial charge is 0.368 e. The number of hydrogen-bond acceptors (Lipinski definition) is 3. The molecule has 1 heterocycles. The van der Waals surface area contributed by atoms with Crippen molar-refractivity contribution in [3.8, 4) is 5.69 Å². The van der Waals surface area contributed by atoms with Crippen LogP contribution in [0.15, 0.2) is 47.3 Å². The molecule has 3 aromatic rings. The van der Waals surface area contributed by atoms with Gasteiger partial charge in [-0.05, 0) is 34.7 Å². The number of tetrazole rings is 1. The minimum Gasteiger partial charge on any atom is -0.244 e. The van der Waals surface area contributed by atoms with E-state index in [2.05, 4.69) is 10.4 Å². The van der Waals surface area contributed by atoms with Crippen molar-refractivity contribution < 1.29 is 4.39 Å². The fraction of sp³-hybridized carbons (Fsp3) is 0.0714. The summed E-state index contributed by atoms with van der Waals surface area (Å²) < 4.78 is 15.9. The van der Waals surface area contributed by atoms with Crippen LogP contribution in [0.3, 0.4) is 0 Å². The summed E-state index contributed by atoms with van der Waals surface area (Å²) in [6, 6.07) is 11.0. The first-order valence-electron chi connectivity index (χ1n) is 6.28. The minimum absolute atomic E-state index is 0.116. The molecule has 0 radical (unpaired) electrons. The van der Waals surface area contributed by atoms with Crippen LogP contribution in [0.5, 0.6) is 0 Å². The van der Waals surface area contributed by atoms with Crippen LogP contribution in [0.25, 0.3) is 5.69 Å². The second-order valence-electron chi connectivity index (χ2n) is 4.48. The molecule has 0 aliphatic heterocycles. The van der Waals surface area contributed by atoms with Gasteiger partial charge in [0.2, 0.25) is 0 Å². The standard InChI is InChI=1S/C14H9Cl2FN4O/c15-10-5-3-6-12(17)9(10)8-20-14(22)21(19-18-20)13-7-2-1-4-11(13)16/h1-7H,8H2.